The number of anilines is 6. The monoisotopic (exact) mass is 995 g/mol. The van der Waals surface area contributed by atoms with Crippen molar-refractivity contribution in [1.29, 1.82) is 0 Å². The molecule has 0 saturated carbocycles. The van der Waals surface area contributed by atoms with E-state index >= 15 is 0 Å². The molecule has 2 aromatic heterocycles. The number of aryl methyl sites for hydroxylation is 1. The molecule has 13 aromatic rings. The number of para-hydroxylation sites is 5. The largest absolute Gasteiger partial charge is 0.311 e. The Kier molecular flexibility index (Phi) is 8.94. The van der Waals surface area contributed by atoms with Crippen molar-refractivity contribution in [3.63, 3.8) is 0 Å². The van der Waals surface area contributed by atoms with Crippen molar-refractivity contribution in [2.75, 3.05) is 9.80 Å². The highest BCUT2D eigenvalue weighted by Crippen LogP contribution is 2.67. The lowest BCUT2D eigenvalue weighted by Crippen LogP contribution is -2.60. The van der Waals surface area contributed by atoms with Gasteiger partial charge in [-0.3, -0.25) is 0 Å². The normalized spacial score (nSPS) is 15.1. The first-order chi connectivity index (χ1) is 38.2. The van der Waals surface area contributed by atoms with Crippen LogP contribution in [-0.4, -0.2) is 11.3 Å². The second kappa shape index (κ2) is 16.0. The average Bonchev–Trinajstić information content (AvgIpc) is 3.79. The topological polar surface area (TPSA) is 11.4 Å². The molecule has 0 bridgehead atoms. The van der Waals surface area contributed by atoms with Gasteiger partial charge in [0.15, 0.2) is 0 Å². The number of thiophene rings is 1. The standard InChI is InChI=1S/C72H46BN3S/c1-45-42-65-68-66(43-45)76(61-36-18-11-27-50(61)47-24-6-3-7-25-47)69-67-55-31-9-15-33-57(55)72(70(67)77-71(69)73(68)59-34-16-21-39-64(59)75(65)60-35-17-10-26-49(60)46-22-4-2-5-23-46)56-32-14-8-28-51(56)52-41-40-48(44-58(52)72)74-62-37-19-12-29-53(62)54-30-13-20-38-63(54)74/h2-44H,1H3. The van der Waals surface area contributed by atoms with Gasteiger partial charge in [-0.25, -0.2) is 0 Å². The Hall–Kier alpha value is -9.42. The van der Waals surface area contributed by atoms with Crippen LogP contribution in [0.1, 0.15) is 27.1 Å². The molecule has 358 valence electrons. The van der Waals surface area contributed by atoms with Crippen LogP contribution in [0.25, 0.3) is 72.0 Å². The molecule has 3 nitrogen and oxygen atoms in total. The summed E-state index contributed by atoms with van der Waals surface area (Å²) >= 11 is 2.05. The Labute approximate surface area is 451 Å². The molecule has 2 aliphatic carbocycles. The van der Waals surface area contributed by atoms with E-state index in [1.165, 1.54) is 149 Å². The zero-order valence-electron chi connectivity index (χ0n) is 42.2. The van der Waals surface area contributed by atoms with Crippen LogP contribution in [0.4, 0.5) is 34.1 Å². The van der Waals surface area contributed by atoms with Crippen molar-refractivity contribution < 1.29 is 0 Å². The van der Waals surface area contributed by atoms with Gasteiger partial charge in [-0.2, -0.15) is 0 Å². The van der Waals surface area contributed by atoms with E-state index in [1.807, 2.05) is 11.3 Å². The summed E-state index contributed by atoms with van der Waals surface area (Å²) in [4.78, 5) is 6.65. The van der Waals surface area contributed by atoms with E-state index in [0.29, 0.717) is 0 Å². The molecule has 11 aromatic carbocycles. The Morgan fingerprint density at radius 1 is 0.390 bits per heavy atom. The summed E-state index contributed by atoms with van der Waals surface area (Å²) in [6.07, 6.45) is 0. The van der Waals surface area contributed by atoms with Crippen LogP contribution in [0.3, 0.4) is 0 Å². The summed E-state index contributed by atoms with van der Waals surface area (Å²) in [7, 11) is 0. The number of rotatable bonds is 5. The maximum atomic E-state index is 2.69. The minimum absolute atomic E-state index is 0.0491. The van der Waals surface area contributed by atoms with E-state index in [2.05, 4.69) is 282 Å². The molecule has 4 aliphatic rings. The van der Waals surface area contributed by atoms with Crippen LogP contribution in [0.2, 0.25) is 0 Å². The van der Waals surface area contributed by atoms with E-state index in [0.717, 1.165) is 0 Å². The fourth-order valence-corrected chi connectivity index (χ4v) is 15.9. The Morgan fingerprint density at radius 2 is 0.883 bits per heavy atom. The molecule has 5 heteroatoms. The molecule has 17 rings (SSSR count). The summed E-state index contributed by atoms with van der Waals surface area (Å²) in [5, 5.41) is 2.53. The maximum absolute atomic E-state index is 2.69. The van der Waals surface area contributed by atoms with Gasteiger partial charge in [-0.05, 0) is 123 Å². The van der Waals surface area contributed by atoms with Gasteiger partial charge in [-0.1, -0.05) is 206 Å². The number of hydrogen-bond donors (Lipinski definition) is 0. The fourth-order valence-electron chi connectivity index (χ4n) is 14.3. The zero-order valence-corrected chi connectivity index (χ0v) is 43.0. The summed E-state index contributed by atoms with van der Waals surface area (Å²) in [5.41, 5.74) is 28.1. The molecule has 0 fully saturated rings. The zero-order chi connectivity index (χ0) is 50.5. The van der Waals surface area contributed by atoms with Gasteiger partial charge in [0.05, 0.1) is 33.5 Å². The second-order valence-corrected chi connectivity index (χ2v) is 22.2. The second-order valence-electron chi connectivity index (χ2n) is 21.1. The summed E-state index contributed by atoms with van der Waals surface area (Å²) in [5.74, 6) is 0. The molecule has 1 unspecified atom stereocenters. The molecule has 0 saturated heterocycles. The highest BCUT2D eigenvalue weighted by Gasteiger charge is 2.57. The lowest BCUT2D eigenvalue weighted by molar-refractivity contribution is 0.810. The van der Waals surface area contributed by atoms with Gasteiger partial charge in [0.25, 0.3) is 6.71 Å². The number of benzene rings is 11. The van der Waals surface area contributed by atoms with Crippen molar-refractivity contribution in [1.82, 2.24) is 4.57 Å². The first-order valence-electron chi connectivity index (χ1n) is 26.8. The number of hydrogen-bond acceptors (Lipinski definition) is 3. The molecule has 4 heterocycles. The number of nitrogens with zero attached hydrogens (tertiary/aromatic N) is 3. The lowest BCUT2D eigenvalue weighted by atomic mass is 9.36. The SMILES string of the molecule is Cc1cc2c3c(c1)N(c1ccccc1-c1ccccc1)c1c(sc4c1-c1ccccc1C41c4ccccc4-c4ccc(-n5c6ccccc6c6ccccc65)cc41)B3c1ccccc1N2c1ccccc1-c1ccccc1. The molecule has 2 aliphatic heterocycles. The predicted octanol–water partition coefficient (Wildman–Crippen LogP) is 16.9. The van der Waals surface area contributed by atoms with Gasteiger partial charge >= 0.3 is 0 Å². The summed E-state index contributed by atoms with van der Waals surface area (Å²) < 4.78 is 3.86. The lowest BCUT2D eigenvalue weighted by Gasteiger charge is -2.44. The first-order valence-corrected chi connectivity index (χ1v) is 27.6. The number of aromatic nitrogens is 1. The van der Waals surface area contributed by atoms with Crippen LogP contribution < -0.4 is 25.5 Å². The molecule has 0 N–H and O–H groups in total. The molecular weight excluding hydrogens is 950 g/mol. The van der Waals surface area contributed by atoms with Crippen LogP contribution in [-0.2, 0) is 5.41 Å². The van der Waals surface area contributed by atoms with E-state index in [9.17, 15) is 0 Å². The van der Waals surface area contributed by atoms with Crippen molar-refractivity contribution in [2.24, 2.45) is 0 Å². The minimum atomic E-state index is -0.598. The van der Waals surface area contributed by atoms with Crippen molar-refractivity contribution in [3.05, 3.63) is 288 Å². The van der Waals surface area contributed by atoms with E-state index in [1.54, 1.807) is 0 Å². The Balaban J connectivity index is 0.996. The third-order valence-corrected chi connectivity index (χ3v) is 18.6. The first kappa shape index (κ1) is 42.9. The fraction of sp³-hybridized carbons (Fsp3) is 0.0278. The van der Waals surface area contributed by atoms with Gasteiger partial charge in [0.2, 0.25) is 0 Å². The molecule has 0 amide bonds. The third-order valence-electron chi connectivity index (χ3n) is 17.2. The quantitative estimate of drug-likeness (QED) is 0.159. The smallest absolute Gasteiger partial charge is 0.264 e. The molecule has 0 radical (unpaired) electrons. The van der Waals surface area contributed by atoms with Crippen LogP contribution in [0.15, 0.2) is 261 Å². The minimum Gasteiger partial charge on any atom is -0.311 e. The van der Waals surface area contributed by atoms with E-state index in [4.69, 9.17) is 0 Å². The van der Waals surface area contributed by atoms with Crippen molar-refractivity contribution >= 4 is 89.7 Å². The molecule has 1 spiro atoms. The predicted molar refractivity (Wildman–Crippen MR) is 325 cm³/mol. The van der Waals surface area contributed by atoms with Gasteiger partial charge < -0.3 is 14.4 Å². The number of fused-ring (bicyclic) bond motifs is 18. The third kappa shape index (κ3) is 5.71. The molecule has 77 heavy (non-hydrogen) atoms. The van der Waals surface area contributed by atoms with Crippen LogP contribution in [0.5, 0.6) is 0 Å². The van der Waals surface area contributed by atoms with E-state index in [-0.39, 0.29) is 6.71 Å². The summed E-state index contributed by atoms with van der Waals surface area (Å²) in [6.45, 7) is 2.24. The van der Waals surface area contributed by atoms with Crippen molar-refractivity contribution in [2.45, 2.75) is 12.3 Å². The van der Waals surface area contributed by atoms with Crippen molar-refractivity contribution in [3.8, 4) is 50.2 Å². The summed E-state index contributed by atoms with van der Waals surface area (Å²) in [6, 6.07) is 97.9. The van der Waals surface area contributed by atoms with Gasteiger partial charge in [0, 0.05) is 59.9 Å². The Bertz CT molecular complexity index is 4570. The van der Waals surface area contributed by atoms with Gasteiger partial charge in [-0.15, -0.1) is 11.3 Å². The van der Waals surface area contributed by atoms with Crippen LogP contribution in [0, 0.1) is 6.92 Å². The molecule has 1 atom stereocenters. The highest BCUT2D eigenvalue weighted by atomic mass is 32.1. The molecular formula is C72H46BN3S. The Morgan fingerprint density at radius 3 is 1.55 bits per heavy atom. The maximum Gasteiger partial charge on any atom is 0.264 e. The van der Waals surface area contributed by atoms with Gasteiger partial charge in [0.1, 0.15) is 0 Å². The average molecular weight is 996 g/mol. The highest BCUT2D eigenvalue weighted by molar-refractivity contribution is 7.30. The van der Waals surface area contributed by atoms with E-state index < -0.39 is 5.41 Å². The van der Waals surface area contributed by atoms with Crippen LogP contribution >= 0.6 is 11.3 Å².